The van der Waals surface area contributed by atoms with Gasteiger partial charge in [-0.3, -0.25) is 4.79 Å². The molecule has 1 heterocycles. The maximum absolute atomic E-state index is 12.0. The van der Waals surface area contributed by atoms with Gasteiger partial charge in [-0.05, 0) is 37.0 Å². The third-order valence-corrected chi connectivity index (χ3v) is 3.98. The summed E-state index contributed by atoms with van der Waals surface area (Å²) in [7, 11) is 1.68. The highest BCUT2D eigenvalue weighted by Gasteiger charge is 2.14. The fourth-order valence-electron chi connectivity index (χ4n) is 2.65. The molecule has 1 N–H and O–H groups in total. The Morgan fingerprint density at radius 2 is 1.82 bits per heavy atom. The van der Waals surface area contributed by atoms with Crippen molar-refractivity contribution in [2.75, 3.05) is 33.3 Å². The van der Waals surface area contributed by atoms with E-state index in [0.717, 1.165) is 57.6 Å². The van der Waals surface area contributed by atoms with Crippen LogP contribution in [0.3, 0.4) is 0 Å². The number of carbonyl (C=O) groups is 1. The van der Waals surface area contributed by atoms with Crippen LogP contribution in [0.1, 0.15) is 31.2 Å². The van der Waals surface area contributed by atoms with E-state index in [0.29, 0.717) is 12.3 Å². The molecule has 1 aliphatic rings. The molecule has 1 fully saturated rings. The van der Waals surface area contributed by atoms with E-state index in [9.17, 15) is 4.79 Å². The smallest absolute Gasteiger partial charge is 0.222 e. The van der Waals surface area contributed by atoms with Gasteiger partial charge in [0.15, 0.2) is 0 Å². The number of rotatable bonds is 7. The minimum absolute atomic E-state index is 0. The topological polar surface area (TPSA) is 41.6 Å². The Kier molecular flexibility index (Phi) is 8.94. The molecule has 5 heteroatoms. The van der Waals surface area contributed by atoms with Crippen molar-refractivity contribution in [3.63, 3.8) is 0 Å². The number of halogens is 1. The molecule has 1 amide bonds. The molecular weight excluding hydrogens is 300 g/mol. The monoisotopic (exact) mass is 326 g/mol. The molecule has 0 aliphatic carbocycles. The Balaban J connectivity index is 0.00000242. The quantitative estimate of drug-likeness (QED) is 0.783. The molecule has 1 aromatic carbocycles. The number of methoxy groups -OCH3 is 1. The van der Waals surface area contributed by atoms with E-state index >= 15 is 0 Å². The van der Waals surface area contributed by atoms with Crippen LogP contribution in [0.4, 0.5) is 0 Å². The molecule has 1 aromatic rings. The molecule has 0 aromatic heterocycles. The summed E-state index contributed by atoms with van der Waals surface area (Å²) in [6.45, 7) is 3.60. The Bertz CT molecular complexity index is 431. The summed E-state index contributed by atoms with van der Waals surface area (Å²) in [5, 5.41) is 3.27. The number of amides is 1. The minimum atomic E-state index is 0. The number of nitrogens with zero attached hydrogens (tertiary/aromatic N) is 1. The maximum atomic E-state index is 12.0. The molecule has 0 bridgehead atoms. The highest BCUT2D eigenvalue weighted by atomic mass is 35.5. The van der Waals surface area contributed by atoms with E-state index in [2.05, 4.69) is 17.4 Å². The van der Waals surface area contributed by atoms with Gasteiger partial charge in [0.25, 0.3) is 0 Å². The van der Waals surface area contributed by atoms with E-state index in [1.165, 1.54) is 5.56 Å². The van der Waals surface area contributed by atoms with Gasteiger partial charge in [-0.1, -0.05) is 18.6 Å². The van der Waals surface area contributed by atoms with Crippen LogP contribution < -0.4 is 10.1 Å². The second-order valence-corrected chi connectivity index (χ2v) is 5.54. The van der Waals surface area contributed by atoms with E-state index < -0.39 is 0 Å². The Labute approximate surface area is 139 Å². The second-order valence-electron chi connectivity index (χ2n) is 5.54. The largest absolute Gasteiger partial charge is 0.497 e. The van der Waals surface area contributed by atoms with Gasteiger partial charge in [-0.25, -0.2) is 0 Å². The van der Waals surface area contributed by atoms with Gasteiger partial charge >= 0.3 is 0 Å². The van der Waals surface area contributed by atoms with Gasteiger partial charge in [-0.15, -0.1) is 12.4 Å². The van der Waals surface area contributed by atoms with Crippen molar-refractivity contribution in [3.05, 3.63) is 29.8 Å². The van der Waals surface area contributed by atoms with Gasteiger partial charge in [-0.2, -0.15) is 0 Å². The molecule has 0 saturated carbocycles. The molecule has 4 nitrogen and oxygen atoms in total. The number of aryl methyl sites for hydroxylation is 1. The molecule has 2 rings (SSSR count). The zero-order valence-corrected chi connectivity index (χ0v) is 14.2. The summed E-state index contributed by atoms with van der Waals surface area (Å²) in [6, 6.07) is 8.24. The summed E-state index contributed by atoms with van der Waals surface area (Å²) in [5.74, 6) is 1.22. The number of hydrogen-bond donors (Lipinski definition) is 1. The average molecular weight is 327 g/mol. The highest BCUT2D eigenvalue weighted by molar-refractivity contribution is 5.85. The lowest BCUT2D eigenvalue weighted by atomic mass is 10.1. The molecule has 0 spiro atoms. The van der Waals surface area contributed by atoms with Crippen LogP contribution in [0.15, 0.2) is 24.3 Å². The molecule has 0 atom stereocenters. The Morgan fingerprint density at radius 1 is 1.14 bits per heavy atom. The number of ether oxygens (including phenoxy) is 1. The van der Waals surface area contributed by atoms with Crippen LogP contribution in [0, 0.1) is 0 Å². The van der Waals surface area contributed by atoms with E-state index in [1.807, 2.05) is 17.0 Å². The van der Waals surface area contributed by atoms with Crippen molar-refractivity contribution in [1.29, 1.82) is 0 Å². The zero-order valence-electron chi connectivity index (χ0n) is 13.3. The normalized spacial score (nSPS) is 14.3. The van der Waals surface area contributed by atoms with Crippen molar-refractivity contribution in [2.45, 2.75) is 32.1 Å². The lowest BCUT2D eigenvalue weighted by Gasteiger charge is -2.27. The van der Waals surface area contributed by atoms with Gasteiger partial charge in [0.05, 0.1) is 7.11 Å². The first kappa shape index (κ1) is 18.8. The van der Waals surface area contributed by atoms with Crippen LogP contribution in [-0.2, 0) is 11.2 Å². The van der Waals surface area contributed by atoms with Gasteiger partial charge < -0.3 is 15.0 Å². The number of carbonyl (C=O) groups excluding carboxylic acids is 1. The van der Waals surface area contributed by atoms with Crippen molar-refractivity contribution >= 4 is 18.3 Å². The first-order chi connectivity index (χ1) is 10.3. The molecule has 0 unspecified atom stereocenters. The average Bonchev–Trinajstić information content (AvgIpc) is 2.55. The standard InChI is InChI=1S/C17H26N2O2.ClH/c1-21-16-9-7-15(8-10-16)5-3-2-4-6-17(20)19-13-11-18-12-14-19;/h7-10,18H,2-6,11-14H2,1H3;1H. The number of benzene rings is 1. The third-order valence-electron chi connectivity index (χ3n) is 3.98. The maximum Gasteiger partial charge on any atom is 0.222 e. The molecule has 1 saturated heterocycles. The number of piperazine rings is 1. The summed E-state index contributed by atoms with van der Waals surface area (Å²) in [4.78, 5) is 14.0. The van der Waals surface area contributed by atoms with Crippen LogP contribution >= 0.6 is 12.4 Å². The Hall–Kier alpha value is -1.26. The second kappa shape index (κ2) is 10.5. The minimum Gasteiger partial charge on any atom is -0.497 e. The SMILES string of the molecule is COc1ccc(CCCCCC(=O)N2CCNCC2)cc1.Cl. The molecule has 0 radical (unpaired) electrons. The van der Waals surface area contributed by atoms with Gasteiger partial charge in [0, 0.05) is 32.6 Å². The first-order valence-electron chi connectivity index (χ1n) is 7.91. The van der Waals surface area contributed by atoms with Crippen LogP contribution in [0.2, 0.25) is 0 Å². The molecular formula is C17H27ClN2O2. The zero-order chi connectivity index (χ0) is 14.9. The highest BCUT2D eigenvalue weighted by Crippen LogP contribution is 2.14. The molecule has 124 valence electrons. The fraction of sp³-hybridized carbons (Fsp3) is 0.588. The summed E-state index contributed by atoms with van der Waals surface area (Å²) < 4.78 is 5.15. The van der Waals surface area contributed by atoms with Crippen molar-refractivity contribution in [1.82, 2.24) is 10.2 Å². The summed E-state index contributed by atoms with van der Waals surface area (Å²) in [5.41, 5.74) is 1.34. The van der Waals surface area contributed by atoms with Crippen LogP contribution in [0.5, 0.6) is 5.75 Å². The van der Waals surface area contributed by atoms with E-state index in [1.54, 1.807) is 7.11 Å². The number of unbranched alkanes of at least 4 members (excludes halogenated alkanes) is 2. The number of hydrogen-bond acceptors (Lipinski definition) is 3. The van der Waals surface area contributed by atoms with Crippen LogP contribution in [0.25, 0.3) is 0 Å². The lowest BCUT2D eigenvalue weighted by Crippen LogP contribution is -2.46. The van der Waals surface area contributed by atoms with E-state index in [4.69, 9.17) is 4.74 Å². The van der Waals surface area contributed by atoms with Gasteiger partial charge in [0.1, 0.15) is 5.75 Å². The molecule has 22 heavy (non-hydrogen) atoms. The predicted octanol–water partition coefficient (Wildman–Crippen LogP) is 2.65. The van der Waals surface area contributed by atoms with Crippen LogP contribution in [-0.4, -0.2) is 44.1 Å². The summed E-state index contributed by atoms with van der Waals surface area (Å²) in [6.07, 6.45) is 5.03. The molecule has 1 aliphatic heterocycles. The van der Waals surface area contributed by atoms with Crippen molar-refractivity contribution < 1.29 is 9.53 Å². The van der Waals surface area contributed by atoms with Crippen molar-refractivity contribution in [3.8, 4) is 5.75 Å². The number of nitrogens with one attached hydrogen (secondary N) is 1. The lowest BCUT2D eigenvalue weighted by molar-refractivity contribution is -0.131. The third kappa shape index (κ3) is 6.24. The van der Waals surface area contributed by atoms with Gasteiger partial charge in [0.2, 0.25) is 5.91 Å². The van der Waals surface area contributed by atoms with Crippen molar-refractivity contribution in [2.24, 2.45) is 0 Å². The Morgan fingerprint density at radius 3 is 2.45 bits per heavy atom. The summed E-state index contributed by atoms with van der Waals surface area (Å²) >= 11 is 0. The first-order valence-corrected chi connectivity index (χ1v) is 7.91. The fourth-order valence-corrected chi connectivity index (χ4v) is 2.65. The van der Waals surface area contributed by atoms with E-state index in [-0.39, 0.29) is 12.4 Å². The predicted molar refractivity (Wildman–Crippen MR) is 91.9 cm³/mol.